The predicted octanol–water partition coefficient (Wildman–Crippen LogP) is 0.291. The van der Waals surface area contributed by atoms with E-state index in [0.29, 0.717) is 11.2 Å². The number of nitrogen functional groups attached to an aromatic ring is 1. The van der Waals surface area contributed by atoms with Gasteiger partial charge in [-0.25, -0.2) is 0 Å². The summed E-state index contributed by atoms with van der Waals surface area (Å²) in [6.45, 7) is 2.10. The lowest BCUT2D eigenvalue weighted by Gasteiger charge is -2.09. The maximum Gasteiger partial charge on any atom is 0.488 e. The molecule has 1 aromatic rings. The molecule has 0 radical (unpaired) electrons. The Hall–Kier alpha value is -0.995. The fraction of sp³-hybridized carbons (Fsp3) is 0.400. The number of unbranched alkanes of at least 4 members (excludes halogenated alkanes) is 1. The molecule has 4 N–H and O–H groups in total. The number of benzene rings is 1. The molecule has 0 saturated carbocycles. The monoisotopic (exact) mass is 193 g/mol. The smallest absolute Gasteiger partial charge is 0.423 e. The summed E-state index contributed by atoms with van der Waals surface area (Å²) < 4.78 is 0. The number of hydrogen-bond acceptors (Lipinski definition) is 3. The first kappa shape index (κ1) is 11.1. The normalized spacial score (nSPS) is 10.2. The summed E-state index contributed by atoms with van der Waals surface area (Å²) in [7, 11) is -1.40. The van der Waals surface area contributed by atoms with E-state index in [1.807, 2.05) is 6.07 Å². The van der Waals surface area contributed by atoms with Gasteiger partial charge in [0, 0.05) is 5.69 Å². The molecule has 0 aromatic heterocycles. The van der Waals surface area contributed by atoms with E-state index in [0.717, 1.165) is 24.8 Å². The van der Waals surface area contributed by atoms with Crippen LogP contribution in [-0.2, 0) is 6.42 Å². The molecule has 0 aliphatic rings. The Morgan fingerprint density at radius 3 is 2.64 bits per heavy atom. The minimum absolute atomic E-state index is 0.563. The summed E-state index contributed by atoms with van der Waals surface area (Å²) in [5.41, 5.74) is 7.80. The summed E-state index contributed by atoms with van der Waals surface area (Å²) in [4.78, 5) is 0. The van der Waals surface area contributed by atoms with Gasteiger partial charge in [0.05, 0.1) is 0 Å². The van der Waals surface area contributed by atoms with Crippen LogP contribution in [0.15, 0.2) is 18.2 Å². The predicted molar refractivity (Wildman–Crippen MR) is 59.3 cm³/mol. The quantitative estimate of drug-likeness (QED) is 0.475. The second kappa shape index (κ2) is 5.03. The van der Waals surface area contributed by atoms with Crippen LogP contribution >= 0.6 is 0 Å². The maximum absolute atomic E-state index is 9.11. The number of aryl methyl sites for hydroxylation is 1. The Morgan fingerprint density at radius 2 is 2.07 bits per heavy atom. The molecule has 0 bridgehead atoms. The Morgan fingerprint density at radius 1 is 1.36 bits per heavy atom. The van der Waals surface area contributed by atoms with E-state index in [1.165, 1.54) is 0 Å². The molecule has 14 heavy (non-hydrogen) atoms. The lowest BCUT2D eigenvalue weighted by atomic mass is 9.76. The molecule has 3 nitrogen and oxygen atoms in total. The second-order valence-electron chi connectivity index (χ2n) is 3.44. The first-order chi connectivity index (χ1) is 6.65. The van der Waals surface area contributed by atoms with Gasteiger partial charge < -0.3 is 15.8 Å². The van der Waals surface area contributed by atoms with Gasteiger partial charge >= 0.3 is 7.12 Å². The van der Waals surface area contributed by atoms with Crippen LogP contribution in [0.5, 0.6) is 0 Å². The van der Waals surface area contributed by atoms with E-state index >= 15 is 0 Å². The molecular weight excluding hydrogens is 177 g/mol. The van der Waals surface area contributed by atoms with Crippen molar-refractivity contribution < 1.29 is 10.0 Å². The molecule has 0 saturated heterocycles. The van der Waals surface area contributed by atoms with Crippen LogP contribution in [0.1, 0.15) is 25.3 Å². The zero-order valence-corrected chi connectivity index (χ0v) is 8.40. The lowest BCUT2D eigenvalue weighted by molar-refractivity contribution is 0.425. The average molecular weight is 193 g/mol. The van der Waals surface area contributed by atoms with Crippen molar-refractivity contribution in [3.63, 3.8) is 0 Å². The molecule has 4 heteroatoms. The van der Waals surface area contributed by atoms with Crippen molar-refractivity contribution >= 4 is 18.3 Å². The molecule has 1 aromatic carbocycles. The van der Waals surface area contributed by atoms with E-state index in [1.54, 1.807) is 12.1 Å². The molecule has 0 atom stereocenters. The van der Waals surface area contributed by atoms with Gasteiger partial charge in [-0.05, 0) is 36.0 Å². The van der Waals surface area contributed by atoms with Gasteiger partial charge in [-0.15, -0.1) is 0 Å². The van der Waals surface area contributed by atoms with E-state index < -0.39 is 7.12 Å². The van der Waals surface area contributed by atoms with Gasteiger partial charge in [-0.1, -0.05) is 19.4 Å². The summed E-state index contributed by atoms with van der Waals surface area (Å²) in [6, 6.07) is 5.17. The second-order valence-corrected chi connectivity index (χ2v) is 3.44. The molecule has 0 amide bonds. The van der Waals surface area contributed by atoms with Crippen LogP contribution in [0.4, 0.5) is 5.69 Å². The largest absolute Gasteiger partial charge is 0.488 e. The molecule has 0 aliphatic heterocycles. The molecule has 0 heterocycles. The van der Waals surface area contributed by atoms with E-state index in [-0.39, 0.29) is 0 Å². The van der Waals surface area contributed by atoms with E-state index in [9.17, 15) is 0 Å². The third kappa shape index (κ3) is 2.75. The van der Waals surface area contributed by atoms with Crippen LogP contribution in [0.3, 0.4) is 0 Å². The van der Waals surface area contributed by atoms with Crippen LogP contribution in [0.2, 0.25) is 0 Å². The van der Waals surface area contributed by atoms with Crippen molar-refractivity contribution in [2.75, 3.05) is 5.73 Å². The van der Waals surface area contributed by atoms with Gasteiger partial charge in [0.2, 0.25) is 0 Å². The number of rotatable bonds is 4. The van der Waals surface area contributed by atoms with Crippen molar-refractivity contribution in [3.8, 4) is 0 Å². The Bertz CT molecular complexity index is 302. The first-order valence-electron chi connectivity index (χ1n) is 4.89. The van der Waals surface area contributed by atoms with Gasteiger partial charge in [-0.3, -0.25) is 0 Å². The summed E-state index contributed by atoms with van der Waals surface area (Å²) in [6.07, 6.45) is 2.95. The minimum atomic E-state index is -1.40. The maximum atomic E-state index is 9.11. The highest BCUT2D eigenvalue weighted by Gasteiger charge is 2.15. The highest BCUT2D eigenvalue weighted by atomic mass is 16.4. The third-order valence-electron chi connectivity index (χ3n) is 2.24. The van der Waals surface area contributed by atoms with Crippen molar-refractivity contribution in [1.29, 1.82) is 0 Å². The average Bonchev–Trinajstić information content (AvgIpc) is 2.14. The molecule has 76 valence electrons. The number of hydrogen-bond donors (Lipinski definition) is 3. The highest BCUT2D eigenvalue weighted by molar-refractivity contribution is 6.59. The van der Waals surface area contributed by atoms with E-state index in [2.05, 4.69) is 6.92 Å². The van der Waals surface area contributed by atoms with E-state index in [4.69, 9.17) is 15.8 Å². The van der Waals surface area contributed by atoms with Gasteiger partial charge in [0.1, 0.15) is 0 Å². The molecule has 0 unspecified atom stereocenters. The van der Waals surface area contributed by atoms with Crippen molar-refractivity contribution in [2.45, 2.75) is 26.2 Å². The standard InChI is InChI=1S/C10H16BNO2/c1-2-3-4-8-7-9(12)5-6-10(8)11(13)14/h5-7,13-14H,2-4,12H2,1H3. The van der Waals surface area contributed by atoms with Crippen LogP contribution in [-0.4, -0.2) is 17.2 Å². The summed E-state index contributed by atoms with van der Waals surface area (Å²) in [5, 5.41) is 18.2. The zero-order valence-electron chi connectivity index (χ0n) is 8.40. The van der Waals surface area contributed by atoms with Crippen LogP contribution in [0, 0.1) is 0 Å². The molecule has 0 aliphatic carbocycles. The Kier molecular flexibility index (Phi) is 3.98. The van der Waals surface area contributed by atoms with Crippen molar-refractivity contribution in [3.05, 3.63) is 23.8 Å². The highest BCUT2D eigenvalue weighted by Crippen LogP contribution is 2.08. The molecule has 1 rings (SSSR count). The summed E-state index contributed by atoms with van der Waals surface area (Å²) >= 11 is 0. The molecular formula is C10H16BNO2. The fourth-order valence-electron chi connectivity index (χ4n) is 1.46. The zero-order chi connectivity index (χ0) is 10.6. The van der Waals surface area contributed by atoms with Crippen LogP contribution in [0.25, 0.3) is 0 Å². The third-order valence-corrected chi connectivity index (χ3v) is 2.24. The molecule has 0 spiro atoms. The van der Waals surface area contributed by atoms with Crippen molar-refractivity contribution in [1.82, 2.24) is 0 Å². The molecule has 0 fully saturated rings. The van der Waals surface area contributed by atoms with Gasteiger partial charge in [-0.2, -0.15) is 0 Å². The lowest BCUT2D eigenvalue weighted by Crippen LogP contribution is -2.33. The SMILES string of the molecule is CCCCc1cc(N)ccc1B(O)O. The number of anilines is 1. The van der Waals surface area contributed by atoms with Gasteiger partial charge in [0.25, 0.3) is 0 Å². The van der Waals surface area contributed by atoms with Crippen molar-refractivity contribution in [2.24, 2.45) is 0 Å². The Balaban J connectivity index is 2.91. The minimum Gasteiger partial charge on any atom is -0.423 e. The number of nitrogens with two attached hydrogens (primary N) is 1. The van der Waals surface area contributed by atoms with Gasteiger partial charge in [0.15, 0.2) is 0 Å². The Labute approximate surface area is 84.7 Å². The topological polar surface area (TPSA) is 66.5 Å². The first-order valence-corrected chi connectivity index (χ1v) is 4.89. The summed E-state index contributed by atoms with van der Waals surface area (Å²) in [5.74, 6) is 0. The van der Waals surface area contributed by atoms with Crippen LogP contribution < -0.4 is 11.2 Å². The fourth-order valence-corrected chi connectivity index (χ4v) is 1.46.